The zero-order valence-electron chi connectivity index (χ0n) is 10.5. The minimum absolute atomic E-state index is 0.105. The first-order valence-electron chi connectivity index (χ1n) is 6.39. The molecule has 2 aromatic rings. The highest BCUT2D eigenvalue weighted by molar-refractivity contribution is 5.87. The summed E-state index contributed by atoms with van der Waals surface area (Å²) in [5, 5.41) is 3.23. The molecule has 1 aliphatic rings. The molecule has 0 spiro atoms. The van der Waals surface area contributed by atoms with Gasteiger partial charge in [0.05, 0.1) is 12.2 Å². The average Bonchev–Trinajstić information content (AvgIpc) is 2.48. The predicted molar refractivity (Wildman–Crippen MR) is 74.5 cm³/mol. The minimum atomic E-state index is -0.407. The van der Waals surface area contributed by atoms with Gasteiger partial charge in [0.25, 0.3) is 0 Å². The summed E-state index contributed by atoms with van der Waals surface area (Å²) in [5.74, 6) is 0.855. The third-order valence-corrected chi connectivity index (χ3v) is 3.21. The fraction of sp³-hybridized carbons (Fsp3) is 0.188. The molecule has 0 saturated carbocycles. The molecular weight excluding hydrogens is 238 g/mol. The summed E-state index contributed by atoms with van der Waals surface area (Å²) in [7, 11) is 0. The van der Waals surface area contributed by atoms with Crippen LogP contribution in [0.25, 0.3) is 0 Å². The first kappa shape index (κ1) is 11.8. The van der Waals surface area contributed by atoms with Crippen molar-refractivity contribution in [2.45, 2.75) is 12.5 Å². The number of carbonyl (C=O) groups excluding carboxylic acids is 1. The number of benzene rings is 2. The first-order valence-corrected chi connectivity index (χ1v) is 6.39. The molecule has 2 aromatic carbocycles. The SMILES string of the molecule is O=C(Cc1ccccc1)C1CNc2ccccc2O1. The summed E-state index contributed by atoms with van der Waals surface area (Å²) < 4.78 is 5.75. The number of carbonyl (C=O) groups is 1. The highest BCUT2D eigenvalue weighted by Gasteiger charge is 2.25. The minimum Gasteiger partial charge on any atom is -0.479 e. The van der Waals surface area contributed by atoms with E-state index in [-0.39, 0.29) is 5.78 Å². The lowest BCUT2D eigenvalue weighted by atomic mass is 10.0. The van der Waals surface area contributed by atoms with Crippen LogP contribution in [-0.2, 0) is 11.2 Å². The molecule has 1 unspecified atom stereocenters. The van der Waals surface area contributed by atoms with E-state index in [1.165, 1.54) is 0 Å². The van der Waals surface area contributed by atoms with E-state index in [1.54, 1.807) is 0 Å². The number of ether oxygens (including phenoxy) is 1. The van der Waals surface area contributed by atoms with E-state index in [1.807, 2.05) is 54.6 Å². The van der Waals surface area contributed by atoms with Crippen LogP contribution in [0.3, 0.4) is 0 Å². The van der Waals surface area contributed by atoms with Gasteiger partial charge in [0, 0.05) is 6.42 Å². The van der Waals surface area contributed by atoms with E-state index in [0.29, 0.717) is 13.0 Å². The fourth-order valence-corrected chi connectivity index (χ4v) is 2.20. The zero-order valence-corrected chi connectivity index (χ0v) is 10.5. The third-order valence-electron chi connectivity index (χ3n) is 3.21. The molecule has 0 amide bonds. The van der Waals surface area contributed by atoms with Crippen LogP contribution in [0.4, 0.5) is 5.69 Å². The van der Waals surface area contributed by atoms with Crippen LogP contribution in [0.5, 0.6) is 5.75 Å². The van der Waals surface area contributed by atoms with Crippen molar-refractivity contribution < 1.29 is 9.53 Å². The topological polar surface area (TPSA) is 38.3 Å². The molecule has 0 bridgehead atoms. The molecule has 0 radical (unpaired) electrons. The smallest absolute Gasteiger partial charge is 0.179 e. The molecule has 1 aliphatic heterocycles. The van der Waals surface area contributed by atoms with Crippen molar-refractivity contribution in [2.75, 3.05) is 11.9 Å². The van der Waals surface area contributed by atoms with Gasteiger partial charge in [-0.15, -0.1) is 0 Å². The number of Topliss-reactive ketones (excluding diaryl/α,β-unsaturated/α-hetero) is 1. The Balaban J connectivity index is 1.70. The van der Waals surface area contributed by atoms with Gasteiger partial charge in [-0.25, -0.2) is 0 Å². The summed E-state index contributed by atoms with van der Waals surface area (Å²) in [5.41, 5.74) is 1.97. The summed E-state index contributed by atoms with van der Waals surface area (Å²) in [4.78, 5) is 12.2. The molecule has 1 N–H and O–H groups in total. The van der Waals surface area contributed by atoms with E-state index in [4.69, 9.17) is 4.74 Å². The number of para-hydroxylation sites is 2. The molecular formula is C16H15NO2. The number of anilines is 1. The normalized spacial score (nSPS) is 16.9. The van der Waals surface area contributed by atoms with Crippen LogP contribution in [0.1, 0.15) is 5.56 Å². The Morgan fingerprint density at radius 1 is 1.11 bits per heavy atom. The van der Waals surface area contributed by atoms with Gasteiger partial charge < -0.3 is 10.1 Å². The molecule has 3 nitrogen and oxygen atoms in total. The largest absolute Gasteiger partial charge is 0.479 e. The molecule has 0 saturated heterocycles. The van der Waals surface area contributed by atoms with E-state index in [0.717, 1.165) is 17.0 Å². The molecule has 0 aliphatic carbocycles. The number of hydrogen-bond donors (Lipinski definition) is 1. The lowest BCUT2D eigenvalue weighted by Gasteiger charge is -2.26. The van der Waals surface area contributed by atoms with Crippen molar-refractivity contribution in [3.8, 4) is 5.75 Å². The van der Waals surface area contributed by atoms with Crippen molar-refractivity contribution in [1.82, 2.24) is 0 Å². The monoisotopic (exact) mass is 253 g/mol. The van der Waals surface area contributed by atoms with Gasteiger partial charge in [-0.1, -0.05) is 42.5 Å². The predicted octanol–water partition coefficient (Wildman–Crippen LogP) is 2.67. The van der Waals surface area contributed by atoms with Crippen LogP contribution < -0.4 is 10.1 Å². The molecule has 1 atom stereocenters. The number of hydrogen-bond acceptors (Lipinski definition) is 3. The van der Waals surface area contributed by atoms with E-state index < -0.39 is 6.10 Å². The summed E-state index contributed by atoms with van der Waals surface area (Å²) in [6.07, 6.45) is 0.00475. The Bertz CT molecular complexity index is 580. The maximum Gasteiger partial charge on any atom is 0.179 e. The van der Waals surface area contributed by atoms with E-state index in [9.17, 15) is 4.79 Å². The highest BCUT2D eigenvalue weighted by atomic mass is 16.5. The molecule has 0 aromatic heterocycles. The van der Waals surface area contributed by atoms with Crippen LogP contribution in [0.2, 0.25) is 0 Å². The summed E-state index contributed by atoms with van der Waals surface area (Å²) in [6, 6.07) is 17.4. The Labute approximate surface area is 112 Å². The second kappa shape index (κ2) is 5.14. The van der Waals surface area contributed by atoms with Crippen LogP contribution in [0, 0.1) is 0 Å². The van der Waals surface area contributed by atoms with Gasteiger partial charge in [-0.2, -0.15) is 0 Å². The zero-order chi connectivity index (χ0) is 13.1. The van der Waals surface area contributed by atoms with Gasteiger partial charge in [0.15, 0.2) is 11.9 Å². The van der Waals surface area contributed by atoms with Crippen LogP contribution in [0.15, 0.2) is 54.6 Å². The van der Waals surface area contributed by atoms with Gasteiger partial charge in [-0.05, 0) is 17.7 Å². The quantitative estimate of drug-likeness (QED) is 0.914. The molecule has 96 valence electrons. The maximum absolute atomic E-state index is 12.2. The molecule has 1 heterocycles. The molecule has 0 fully saturated rings. The highest BCUT2D eigenvalue weighted by Crippen LogP contribution is 2.28. The number of rotatable bonds is 3. The lowest BCUT2D eigenvalue weighted by molar-refractivity contribution is -0.124. The Morgan fingerprint density at radius 3 is 2.68 bits per heavy atom. The lowest BCUT2D eigenvalue weighted by Crippen LogP contribution is -2.38. The number of ketones is 1. The molecule has 3 rings (SSSR count). The second-order valence-corrected chi connectivity index (χ2v) is 4.61. The van der Waals surface area contributed by atoms with Crippen LogP contribution in [-0.4, -0.2) is 18.4 Å². The standard InChI is InChI=1S/C16H15NO2/c18-14(10-12-6-2-1-3-7-12)16-11-17-13-8-4-5-9-15(13)19-16/h1-9,16-17H,10-11H2. The van der Waals surface area contributed by atoms with Crippen molar-refractivity contribution in [3.63, 3.8) is 0 Å². The summed E-state index contributed by atoms with van der Waals surface area (Å²) in [6.45, 7) is 0.530. The Kier molecular flexibility index (Phi) is 3.19. The van der Waals surface area contributed by atoms with Gasteiger partial charge in [0.1, 0.15) is 5.75 Å². The maximum atomic E-state index is 12.2. The molecule has 3 heteroatoms. The van der Waals surface area contributed by atoms with Gasteiger partial charge in [-0.3, -0.25) is 4.79 Å². The van der Waals surface area contributed by atoms with E-state index in [2.05, 4.69) is 5.32 Å². The Morgan fingerprint density at radius 2 is 1.84 bits per heavy atom. The fourth-order valence-electron chi connectivity index (χ4n) is 2.20. The summed E-state index contributed by atoms with van der Waals surface area (Å²) >= 11 is 0. The second-order valence-electron chi connectivity index (χ2n) is 4.61. The number of fused-ring (bicyclic) bond motifs is 1. The van der Waals surface area contributed by atoms with E-state index >= 15 is 0 Å². The van der Waals surface area contributed by atoms with Crippen molar-refractivity contribution in [2.24, 2.45) is 0 Å². The average molecular weight is 253 g/mol. The van der Waals surface area contributed by atoms with Gasteiger partial charge >= 0.3 is 0 Å². The first-order chi connectivity index (χ1) is 9.33. The third kappa shape index (κ3) is 2.60. The Hall–Kier alpha value is -2.29. The molecule has 19 heavy (non-hydrogen) atoms. The van der Waals surface area contributed by atoms with Gasteiger partial charge in [0.2, 0.25) is 0 Å². The van der Waals surface area contributed by atoms with Crippen molar-refractivity contribution in [1.29, 1.82) is 0 Å². The van der Waals surface area contributed by atoms with Crippen molar-refractivity contribution in [3.05, 3.63) is 60.2 Å². The van der Waals surface area contributed by atoms with Crippen LogP contribution >= 0.6 is 0 Å². The van der Waals surface area contributed by atoms with Crippen molar-refractivity contribution >= 4 is 11.5 Å². The number of nitrogens with one attached hydrogen (secondary N) is 1.